The molecule has 1 heterocycles. The number of nitrogens with zero attached hydrogens (tertiary/aromatic N) is 1. The molecule has 8 heteroatoms. The minimum Gasteiger partial charge on any atom is -0.479 e. The number of rotatable bonds is 4. The highest BCUT2D eigenvalue weighted by atomic mass is 19.2. The first-order chi connectivity index (χ1) is 9.92. The number of hydrogen-bond donors (Lipinski definition) is 1. The van der Waals surface area contributed by atoms with E-state index in [0.29, 0.717) is 0 Å². The third kappa shape index (κ3) is 3.15. The maximum atomic E-state index is 13.1. The lowest BCUT2D eigenvalue weighted by molar-refractivity contribution is 0.0902. The lowest BCUT2D eigenvalue weighted by Crippen LogP contribution is -2.26. The van der Waals surface area contributed by atoms with E-state index < -0.39 is 29.4 Å². The number of aromatic nitrogens is 1. The van der Waals surface area contributed by atoms with E-state index in [0.717, 1.165) is 12.1 Å². The normalized spacial score (nSPS) is 12.0. The van der Waals surface area contributed by atoms with Crippen molar-refractivity contribution in [1.29, 1.82) is 0 Å². The van der Waals surface area contributed by atoms with E-state index >= 15 is 0 Å². The molecule has 2 rings (SSSR count). The Bertz CT molecular complexity index is 649. The highest BCUT2D eigenvalue weighted by Crippen LogP contribution is 2.20. The molecule has 0 radical (unpaired) electrons. The third-order valence-corrected chi connectivity index (χ3v) is 2.78. The van der Waals surface area contributed by atoms with Crippen molar-refractivity contribution in [3.63, 3.8) is 0 Å². The van der Waals surface area contributed by atoms with Gasteiger partial charge in [-0.25, -0.2) is 13.2 Å². The molecule has 1 aromatic heterocycles. The lowest BCUT2D eigenvalue weighted by Gasteiger charge is -2.13. The Labute approximate surface area is 117 Å². The summed E-state index contributed by atoms with van der Waals surface area (Å²) in [6, 6.07) is 2.11. The second-order valence-electron chi connectivity index (χ2n) is 4.23. The zero-order chi connectivity index (χ0) is 15.6. The van der Waals surface area contributed by atoms with Gasteiger partial charge < -0.3 is 14.6 Å². The topological polar surface area (TPSA) is 64.4 Å². The zero-order valence-corrected chi connectivity index (χ0v) is 11.1. The Morgan fingerprint density at radius 1 is 1.29 bits per heavy atom. The molecule has 21 heavy (non-hydrogen) atoms. The highest BCUT2D eigenvalue weighted by Gasteiger charge is 2.19. The first kappa shape index (κ1) is 14.9. The first-order valence-corrected chi connectivity index (χ1v) is 5.88. The van der Waals surface area contributed by atoms with Crippen molar-refractivity contribution in [3.8, 4) is 5.88 Å². The van der Waals surface area contributed by atoms with Crippen molar-refractivity contribution in [1.82, 2.24) is 10.5 Å². The Balaban J connectivity index is 2.14. The van der Waals surface area contributed by atoms with E-state index in [2.05, 4.69) is 10.5 Å². The molecule has 1 aromatic carbocycles. The largest absolute Gasteiger partial charge is 0.479 e. The molecule has 0 saturated heterocycles. The molecule has 0 fully saturated rings. The van der Waals surface area contributed by atoms with Crippen molar-refractivity contribution in [2.45, 2.75) is 13.0 Å². The predicted octanol–water partition coefficient (Wildman–Crippen LogP) is 2.59. The molecule has 0 bridgehead atoms. The van der Waals surface area contributed by atoms with Crippen LogP contribution in [0.2, 0.25) is 0 Å². The molecule has 1 amide bonds. The number of nitrogens with one attached hydrogen (secondary N) is 1. The molecule has 0 saturated carbocycles. The summed E-state index contributed by atoms with van der Waals surface area (Å²) >= 11 is 0. The summed E-state index contributed by atoms with van der Waals surface area (Å²) in [5.74, 6) is -4.87. The van der Waals surface area contributed by atoms with Gasteiger partial charge in [-0.1, -0.05) is 0 Å². The molecule has 1 unspecified atom stereocenters. The van der Waals surface area contributed by atoms with Crippen LogP contribution < -0.4 is 10.1 Å². The van der Waals surface area contributed by atoms with Gasteiger partial charge in [0.25, 0.3) is 11.8 Å². The van der Waals surface area contributed by atoms with Gasteiger partial charge in [-0.2, -0.15) is 0 Å². The van der Waals surface area contributed by atoms with Gasteiger partial charge in [0.2, 0.25) is 5.76 Å². The van der Waals surface area contributed by atoms with Gasteiger partial charge in [0.05, 0.1) is 19.2 Å². The van der Waals surface area contributed by atoms with Crippen LogP contribution in [0.1, 0.15) is 29.1 Å². The van der Waals surface area contributed by atoms with E-state index in [1.165, 1.54) is 20.1 Å². The minimum absolute atomic E-state index is 0.0752. The van der Waals surface area contributed by atoms with Gasteiger partial charge in [0.1, 0.15) is 0 Å². The summed E-state index contributed by atoms with van der Waals surface area (Å²) in [4.78, 5) is 11.8. The second-order valence-corrected chi connectivity index (χ2v) is 4.23. The molecular weight excluding hydrogens is 289 g/mol. The molecule has 1 atom stereocenters. The maximum Gasteiger partial charge on any atom is 0.290 e. The Morgan fingerprint density at radius 3 is 2.43 bits per heavy atom. The van der Waals surface area contributed by atoms with Crippen LogP contribution in [0.4, 0.5) is 13.2 Å². The summed E-state index contributed by atoms with van der Waals surface area (Å²) in [5.41, 5.74) is 0.0752. The summed E-state index contributed by atoms with van der Waals surface area (Å²) in [5, 5.41) is 5.89. The van der Waals surface area contributed by atoms with E-state index in [1.807, 2.05) is 0 Å². The number of benzene rings is 1. The molecule has 1 N–H and O–H groups in total. The standard InChI is InChI=1S/C13H11F3N2O3/c1-6(7-3-8(14)12(16)9(15)4-7)17-13(19)10-5-11(20-2)18-21-10/h3-6H,1-2H3,(H,17,19). The monoisotopic (exact) mass is 300 g/mol. The molecule has 0 aliphatic heterocycles. The number of methoxy groups -OCH3 is 1. The fraction of sp³-hybridized carbons (Fsp3) is 0.231. The fourth-order valence-corrected chi connectivity index (χ4v) is 1.64. The van der Waals surface area contributed by atoms with E-state index in [-0.39, 0.29) is 17.2 Å². The molecule has 2 aromatic rings. The maximum absolute atomic E-state index is 13.1. The molecule has 5 nitrogen and oxygen atoms in total. The smallest absolute Gasteiger partial charge is 0.290 e. The quantitative estimate of drug-likeness (QED) is 0.882. The first-order valence-electron chi connectivity index (χ1n) is 5.88. The number of carbonyl (C=O) groups is 1. The zero-order valence-electron chi connectivity index (χ0n) is 11.1. The molecular formula is C13H11F3N2O3. The summed E-state index contributed by atoms with van der Waals surface area (Å²) in [6.45, 7) is 1.48. The van der Waals surface area contributed by atoms with Gasteiger partial charge in [0, 0.05) is 0 Å². The number of carbonyl (C=O) groups excluding carboxylic acids is 1. The van der Waals surface area contributed by atoms with Crippen LogP contribution in [0.25, 0.3) is 0 Å². The van der Waals surface area contributed by atoms with E-state index in [9.17, 15) is 18.0 Å². The van der Waals surface area contributed by atoms with Crippen LogP contribution in [0, 0.1) is 17.5 Å². The highest BCUT2D eigenvalue weighted by molar-refractivity contribution is 5.91. The van der Waals surface area contributed by atoms with Crippen molar-refractivity contribution < 1.29 is 27.2 Å². The SMILES string of the molecule is COc1cc(C(=O)NC(C)c2cc(F)c(F)c(F)c2)on1. The average molecular weight is 300 g/mol. The van der Waals surface area contributed by atoms with E-state index in [1.54, 1.807) is 0 Å². The summed E-state index contributed by atoms with van der Waals surface area (Å²) in [6.07, 6.45) is 0. The number of halogens is 3. The van der Waals surface area contributed by atoms with Crippen LogP contribution in [-0.2, 0) is 0 Å². The molecule has 0 aliphatic rings. The van der Waals surface area contributed by atoms with Gasteiger partial charge in [-0.3, -0.25) is 4.79 Å². The van der Waals surface area contributed by atoms with Gasteiger partial charge in [-0.15, -0.1) is 0 Å². The number of hydrogen-bond acceptors (Lipinski definition) is 4. The van der Waals surface area contributed by atoms with Gasteiger partial charge in [0.15, 0.2) is 17.5 Å². The van der Waals surface area contributed by atoms with Crippen molar-refractivity contribution in [2.75, 3.05) is 7.11 Å². The van der Waals surface area contributed by atoms with Crippen LogP contribution >= 0.6 is 0 Å². The van der Waals surface area contributed by atoms with Crippen LogP contribution in [-0.4, -0.2) is 18.2 Å². The summed E-state index contributed by atoms with van der Waals surface area (Å²) in [7, 11) is 1.35. The Hall–Kier alpha value is -2.51. The number of amides is 1. The van der Waals surface area contributed by atoms with Gasteiger partial charge in [-0.05, 0) is 29.8 Å². The Morgan fingerprint density at radius 2 is 1.90 bits per heavy atom. The Kier molecular flexibility index (Phi) is 4.15. The van der Waals surface area contributed by atoms with Crippen LogP contribution in [0.3, 0.4) is 0 Å². The number of ether oxygens (including phenoxy) is 1. The molecule has 0 aliphatic carbocycles. The third-order valence-electron chi connectivity index (χ3n) is 2.78. The van der Waals surface area contributed by atoms with Crippen molar-refractivity contribution in [2.24, 2.45) is 0 Å². The summed E-state index contributed by atoms with van der Waals surface area (Å²) < 4.78 is 48.6. The van der Waals surface area contributed by atoms with E-state index in [4.69, 9.17) is 9.26 Å². The molecule has 0 spiro atoms. The lowest BCUT2D eigenvalue weighted by atomic mass is 10.1. The minimum atomic E-state index is -1.56. The van der Waals surface area contributed by atoms with Crippen LogP contribution in [0.15, 0.2) is 22.7 Å². The molecule has 112 valence electrons. The predicted molar refractivity (Wildman–Crippen MR) is 65.3 cm³/mol. The second kappa shape index (κ2) is 5.86. The van der Waals surface area contributed by atoms with Crippen LogP contribution in [0.5, 0.6) is 5.88 Å². The fourth-order valence-electron chi connectivity index (χ4n) is 1.64. The van der Waals surface area contributed by atoms with Crippen molar-refractivity contribution >= 4 is 5.91 Å². The van der Waals surface area contributed by atoms with Gasteiger partial charge >= 0.3 is 0 Å². The average Bonchev–Trinajstić information content (AvgIpc) is 2.93. The van der Waals surface area contributed by atoms with Crippen molar-refractivity contribution in [3.05, 3.63) is 47.0 Å².